The van der Waals surface area contributed by atoms with Crippen LogP contribution >= 0.6 is 0 Å². The minimum atomic E-state index is -0.662. The zero-order valence-electron chi connectivity index (χ0n) is 20.7. The third kappa shape index (κ3) is 3.90. The molecule has 186 valence electrons. The van der Waals surface area contributed by atoms with Crippen LogP contribution < -0.4 is 20.3 Å². The van der Waals surface area contributed by atoms with E-state index in [0.29, 0.717) is 48.6 Å². The number of anilines is 2. The molecule has 9 nitrogen and oxygen atoms in total. The number of aromatic nitrogens is 2. The van der Waals surface area contributed by atoms with Gasteiger partial charge in [-0.25, -0.2) is 4.68 Å². The second-order valence-corrected chi connectivity index (χ2v) is 9.31. The number of piperidine rings is 1. The summed E-state index contributed by atoms with van der Waals surface area (Å²) in [4.78, 5) is 42.0. The zero-order chi connectivity index (χ0) is 25.6. The molecule has 36 heavy (non-hydrogen) atoms. The number of hydrogen-bond donors (Lipinski definition) is 1. The van der Waals surface area contributed by atoms with Gasteiger partial charge in [0.2, 0.25) is 5.91 Å². The molecular formula is C27H29N5O4. The summed E-state index contributed by atoms with van der Waals surface area (Å²) >= 11 is 0. The van der Waals surface area contributed by atoms with Crippen LogP contribution in [-0.2, 0) is 11.2 Å². The van der Waals surface area contributed by atoms with Gasteiger partial charge < -0.3 is 20.3 Å². The maximum absolute atomic E-state index is 13.9. The lowest BCUT2D eigenvalue weighted by molar-refractivity contribution is -0.119. The van der Waals surface area contributed by atoms with E-state index in [-0.39, 0.29) is 17.5 Å². The lowest BCUT2D eigenvalue weighted by atomic mass is 10.0. The number of rotatable bonds is 5. The molecule has 0 aliphatic carbocycles. The summed E-state index contributed by atoms with van der Waals surface area (Å²) in [6, 6.07) is 11.3. The van der Waals surface area contributed by atoms with E-state index in [9.17, 15) is 14.4 Å². The molecule has 2 aliphatic rings. The molecule has 2 aromatic carbocycles. The van der Waals surface area contributed by atoms with Gasteiger partial charge in [-0.15, -0.1) is 0 Å². The number of nitrogens with two attached hydrogens (primary N) is 1. The van der Waals surface area contributed by atoms with Gasteiger partial charge in [0.25, 0.3) is 11.8 Å². The van der Waals surface area contributed by atoms with Gasteiger partial charge in [-0.3, -0.25) is 14.4 Å². The predicted octanol–water partition coefficient (Wildman–Crippen LogP) is 3.32. The van der Waals surface area contributed by atoms with Crippen molar-refractivity contribution in [2.24, 2.45) is 5.73 Å². The van der Waals surface area contributed by atoms with Gasteiger partial charge in [-0.2, -0.15) is 5.10 Å². The highest BCUT2D eigenvalue weighted by Gasteiger charge is 2.36. The Kier molecular flexibility index (Phi) is 5.99. The molecule has 2 aliphatic heterocycles. The van der Waals surface area contributed by atoms with Crippen LogP contribution in [0.5, 0.6) is 5.75 Å². The first-order valence-electron chi connectivity index (χ1n) is 12.1. The Hall–Kier alpha value is -4.14. The molecule has 9 heteroatoms. The summed E-state index contributed by atoms with van der Waals surface area (Å²) in [7, 11) is 1.55. The molecule has 1 saturated heterocycles. The lowest BCUT2D eigenvalue weighted by Crippen LogP contribution is -2.39. The molecule has 1 aromatic heterocycles. The monoisotopic (exact) mass is 487 g/mol. The van der Waals surface area contributed by atoms with E-state index in [4.69, 9.17) is 10.5 Å². The van der Waals surface area contributed by atoms with Crippen molar-refractivity contribution >= 4 is 29.1 Å². The molecule has 0 radical (unpaired) electrons. The molecule has 0 atom stereocenters. The number of fused-ring (bicyclic) bond motifs is 1. The summed E-state index contributed by atoms with van der Waals surface area (Å²) in [6.07, 6.45) is 2.80. The number of aryl methyl sites for hydroxylation is 2. The molecule has 0 spiro atoms. The smallest absolute Gasteiger partial charge is 0.277 e. The fourth-order valence-electron chi connectivity index (χ4n) is 5.05. The number of hydrogen-bond acceptors (Lipinski definition) is 5. The Morgan fingerprint density at radius 3 is 2.50 bits per heavy atom. The number of benzene rings is 2. The van der Waals surface area contributed by atoms with Gasteiger partial charge in [-0.05, 0) is 62.4 Å². The Labute approximate surface area is 209 Å². The molecule has 0 bridgehead atoms. The maximum atomic E-state index is 13.9. The Bertz CT molecular complexity index is 1390. The molecule has 0 unspecified atom stereocenters. The van der Waals surface area contributed by atoms with Crippen molar-refractivity contribution in [3.63, 3.8) is 0 Å². The topological polar surface area (TPSA) is 111 Å². The molecule has 2 N–H and O–H groups in total. The van der Waals surface area contributed by atoms with E-state index in [1.165, 1.54) is 0 Å². The van der Waals surface area contributed by atoms with Crippen molar-refractivity contribution < 1.29 is 19.1 Å². The number of nitrogens with zero attached hydrogens (tertiary/aromatic N) is 4. The third-order valence-corrected chi connectivity index (χ3v) is 6.93. The van der Waals surface area contributed by atoms with Crippen LogP contribution in [0.1, 0.15) is 56.9 Å². The average Bonchev–Trinajstić information content (AvgIpc) is 3.26. The summed E-state index contributed by atoms with van der Waals surface area (Å²) in [5.74, 6) is -0.372. The molecule has 3 heterocycles. The van der Waals surface area contributed by atoms with Crippen LogP contribution in [-0.4, -0.2) is 47.7 Å². The number of methoxy groups -OCH3 is 1. The van der Waals surface area contributed by atoms with Crippen molar-refractivity contribution in [2.45, 2.75) is 39.5 Å². The van der Waals surface area contributed by atoms with Crippen molar-refractivity contribution in [1.29, 1.82) is 0 Å². The van der Waals surface area contributed by atoms with Crippen LogP contribution in [0.15, 0.2) is 36.4 Å². The van der Waals surface area contributed by atoms with E-state index in [1.54, 1.807) is 27.7 Å². The molecular weight excluding hydrogens is 458 g/mol. The SMILES string of the molecule is COc1cc(N2CCCCC2=O)ccc1N1CCc2c(C(N)=O)nn(-c3cc(C)ccc3C)c2C1=O. The maximum Gasteiger partial charge on any atom is 0.277 e. The highest BCUT2D eigenvalue weighted by Crippen LogP contribution is 2.37. The van der Waals surface area contributed by atoms with E-state index < -0.39 is 5.91 Å². The van der Waals surface area contributed by atoms with E-state index >= 15 is 0 Å². The van der Waals surface area contributed by atoms with Crippen LogP contribution in [0.25, 0.3) is 5.69 Å². The van der Waals surface area contributed by atoms with Crippen LogP contribution in [0.2, 0.25) is 0 Å². The van der Waals surface area contributed by atoms with Crippen LogP contribution in [0, 0.1) is 13.8 Å². The fraction of sp³-hybridized carbons (Fsp3) is 0.333. The standard InChI is InChI=1S/C27H29N5O4/c1-16-7-8-17(2)21(14-16)32-25-19(24(29-32)26(28)34)11-13-31(27(25)35)20-10-9-18(15-22(20)36-3)30-12-5-4-6-23(30)33/h7-10,14-15H,4-6,11-13H2,1-3H3,(H2,28,34). The summed E-state index contributed by atoms with van der Waals surface area (Å²) in [5.41, 5.74) is 10.6. The Morgan fingerprint density at radius 2 is 1.78 bits per heavy atom. The second-order valence-electron chi connectivity index (χ2n) is 9.31. The Balaban J connectivity index is 1.58. The van der Waals surface area contributed by atoms with Crippen molar-refractivity contribution in [2.75, 3.05) is 30.0 Å². The van der Waals surface area contributed by atoms with Gasteiger partial charge >= 0.3 is 0 Å². The first-order valence-corrected chi connectivity index (χ1v) is 12.1. The Morgan fingerprint density at radius 1 is 0.972 bits per heavy atom. The quantitative estimate of drug-likeness (QED) is 0.594. The van der Waals surface area contributed by atoms with Gasteiger partial charge in [0.05, 0.1) is 18.5 Å². The molecule has 1 fully saturated rings. The van der Waals surface area contributed by atoms with Gasteiger partial charge in [0.15, 0.2) is 5.69 Å². The highest BCUT2D eigenvalue weighted by molar-refractivity contribution is 6.10. The van der Waals surface area contributed by atoms with E-state index in [1.807, 2.05) is 44.2 Å². The summed E-state index contributed by atoms with van der Waals surface area (Å²) in [6.45, 7) is 4.89. The fourth-order valence-corrected chi connectivity index (χ4v) is 5.05. The van der Waals surface area contributed by atoms with Crippen molar-refractivity contribution in [1.82, 2.24) is 9.78 Å². The highest BCUT2D eigenvalue weighted by atomic mass is 16.5. The number of ether oxygens (including phenoxy) is 1. The van der Waals surface area contributed by atoms with E-state index in [0.717, 1.165) is 35.3 Å². The van der Waals surface area contributed by atoms with Crippen LogP contribution in [0.3, 0.4) is 0 Å². The second kappa shape index (κ2) is 9.14. The number of carbonyl (C=O) groups is 3. The summed E-state index contributed by atoms with van der Waals surface area (Å²) < 4.78 is 7.21. The van der Waals surface area contributed by atoms with Gasteiger partial charge in [-0.1, -0.05) is 12.1 Å². The van der Waals surface area contributed by atoms with Gasteiger partial charge in [0, 0.05) is 36.8 Å². The first kappa shape index (κ1) is 23.6. The van der Waals surface area contributed by atoms with Crippen LogP contribution in [0.4, 0.5) is 11.4 Å². The molecule has 0 saturated carbocycles. The number of amides is 3. The summed E-state index contributed by atoms with van der Waals surface area (Å²) in [5, 5.41) is 4.49. The predicted molar refractivity (Wildman–Crippen MR) is 136 cm³/mol. The lowest BCUT2D eigenvalue weighted by Gasteiger charge is -2.31. The van der Waals surface area contributed by atoms with Crippen molar-refractivity contribution in [3.8, 4) is 11.4 Å². The largest absolute Gasteiger partial charge is 0.494 e. The third-order valence-electron chi connectivity index (χ3n) is 6.93. The minimum Gasteiger partial charge on any atom is -0.494 e. The zero-order valence-corrected chi connectivity index (χ0v) is 20.7. The molecule has 3 aromatic rings. The molecule has 3 amide bonds. The van der Waals surface area contributed by atoms with Gasteiger partial charge in [0.1, 0.15) is 11.4 Å². The minimum absolute atomic E-state index is 0.0890. The van der Waals surface area contributed by atoms with Crippen molar-refractivity contribution in [3.05, 3.63) is 64.5 Å². The normalized spacial score (nSPS) is 15.8. The number of carbonyl (C=O) groups excluding carboxylic acids is 3. The average molecular weight is 488 g/mol. The number of primary amides is 1. The van der Waals surface area contributed by atoms with E-state index in [2.05, 4.69) is 5.10 Å². The molecule has 5 rings (SSSR count). The first-order chi connectivity index (χ1) is 17.3.